The number of aliphatic hydroxyl groups is 1. The molecular weight excluding hydrogens is 382 g/mol. The number of unbranched alkanes of at least 4 members (excludes halogenated alkanes) is 1. The molecule has 0 amide bonds. The van der Waals surface area contributed by atoms with Crippen molar-refractivity contribution in [1.29, 1.82) is 0 Å². The number of nitrogens with one attached hydrogen (secondary N) is 2. The minimum absolute atomic E-state index is 0.248. The van der Waals surface area contributed by atoms with Gasteiger partial charge in [-0.1, -0.05) is 13.0 Å². The van der Waals surface area contributed by atoms with Crippen molar-refractivity contribution in [2.75, 3.05) is 25.5 Å². The number of rotatable bonds is 9. The quantitative estimate of drug-likeness (QED) is 0.330. The molecule has 0 unspecified atom stereocenters. The van der Waals surface area contributed by atoms with Crippen LogP contribution in [0.1, 0.15) is 38.8 Å². The van der Waals surface area contributed by atoms with Crippen molar-refractivity contribution in [3.8, 4) is 0 Å². The lowest BCUT2D eigenvalue weighted by Crippen LogP contribution is -2.12. The van der Waals surface area contributed by atoms with E-state index in [9.17, 15) is 5.11 Å². The van der Waals surface area contributed by atoms with Crippen LogP contribution in [0.15, 0.2) is 34.6 Å². The Labute approximate surface area is 157 Å². The molecule has 0 spiro atoms. The fourth-order valence-electron chi connectivity index (χ4n) is 2.61. The van der Waals surface area contributed by atoms with Gasteiger partial charge < -0.3 is 15.7 Å². The smallest absolute Gasteiger partial charge is 0.172 e. The summed E-state index contributed by atoms with van der Waals surface area (Å²) in [6.45, 7) is 5.75. The Morgan fingerprint density at radius 3 is 2.80 bits per heavy atom. The second-order valence-electron chi connectivity index (χ2n) is 5.71. The third-order valence-corrected chi connectivity index (χ3v) is 4.44. The van der Waals surface area contributed by atoms with Crippen molar-refractivity contribution in [3.63, 3.8) is 0 Å². The number of fused-ring (bicyclic) bond motifs is 1. The summed E-state index contributed by atoms with van der Waals surface area (Å²) >= 11 is 3.50. The fraction of sp³-hybridized carbons (Fsp3) is 0.444. The van der Waals surface area contributed by atoms with Crippen molar-refractivity contribution < 1.29 is 5.11 Å². The molecule has 0 aliphatic carbocycles. The number of hydrogen-bond acceptors (Lipinski definition) is 5. The van der Waals surface area contributed by atoms with Gasteiger partial charge in [0.25, 0.3) is 0 Å². The molecule has 7 heteroatoms. The predicted octanol–water partition coefficient (Wildman–Crippen LogP) is 4.16. The van der Waals surface area contributed by atoms with E-state index in [1.54, 1.807) is 16.8 Å². The zero-order valence-corrected chi connectivity index (χ0v) is 16.6. The third-order valence-electron chi connectivity index (χ3n) is 3.88. The Balaban J connectivity index is 2.38. The topological polar surface area (TPSA) is 74.5 Å². The van der Waals surface area contributed by atoms with Gasteiger partial charge in [-0.05, 0) is 61.8 Å². The average molecular weight is 408 g/mol. The Morgan fingerprint density at radius 2 is 2.12 bits per heavy atom. The van der Waals surface area contributed by atoms with Crippen molar-refractivity contribution in [1.82, 2.24) is 19.9 Å². The van der Waals surface area contributed by atoms with Crippen LogP contribution in [-0.4, -0.2) is 39.8 Å². The van der Waals surface area contributed by atoms with Gasteiger partial charge in [-0.3, -0.25) is 0 Å². The second-order valence-corrected chi connectivity index (χ2v) is 6.56. The maximum absolute atomic E-state index is 10.3. The summed E-state index contributed by atoms with van der Waals surface area (Å²) in [6, 6.07) is 1.95. The molecule has 136 valence electrons. The number of anilines is 1. The van der Waals surface area contributed by atoms with Crippen LogP contribution >= 0.6 is 15.9 Å². The SMILES string of the molecule is C/C=C\C(O)=C(/CC)c1cc(NCCCCNC)n2ncc(Br)c2n1. The maximum atomic E-state index is 10.3. The summed E-state index contributed by atoms with van der Waals surface area (Å²) < 4.78 is 2.61. The van der Waals surface area contributed by atoms with Crippen molar-refractivity contribution >= 4 is 33.0 Å². The van der Waals surface area contributed by atoms with Crippen LogP contribution in [0.5, 0.6) is 0 Å². The number of hydrogen-bond donors (Lipinski definition) is 3. The summed E-state index contributed by atoms with van der Waals surface area (Å²) in [5, 5.41) is 21.3. The van der Waals surface area contributed by atoms with Gasteiger partial charge in [0.2, 0.25) is 0 Å². The van der Waals surface area contributed by atoms with Crippen molar-refractivity contribution in [2.24, 2.45) is 0 Å². The molecule has 2 aromatic heterocycles. The van der Waals surface area contributed by atoms with Crippen molar-refractivity contribution in [3.05, 3.63) is 40.3 Å². The van der Waals surface area contributed by atoms with Gasteiger partial charge in [-0.15, -0.1) is 0 Å². The lowest BCUT2D eigenvalue weighted by atomic mass is 10.1. The molecule has 0 radical (unpaired) electrons. The molecule has 0 aromatic carbocycles. The van der Waals surface area contributed by atoms with Crippen LogP contribution in [0.2, 0.25) is 0 Å². The minimum atomic E-state index is 0.248. The van der Waals surface area contributed by atoms with Crippen LogP contribution < -0.4 is 10.6 Å². The molecule has 25 heavy (non-hydrogen) atoms. The molecule has 3 N–H and O–H groups in total. The van der Waals surface area contributed by atoms with E-state index in [1.165, 1.54) is 0 Å². The van der Waals surface area contributed by atoms with Gasteiger partial charge in [0.1, 0.15) is 11.6 Å². The van der Waals surface area contributed by atoms with E-state index in [-0.39, 0.29) is 5.76 Å². The zero-order chi connectivity index (χ0) is 18.2. The Hall–Kier alpha value is -1.86. The highest BCUT2D eigenvalue weighted by atomic mass is 79.9. The minimum Gasteiger partial charge on any atom is -0.508 e. The number of allylic oxidation sites excluding steroid dienone is 3. The first-order valence-corrected chi connectivity index (χ1v) is 9.39. The highest BCUT2D eigenvalue weighted by Crippen LogP contribution is 2.26. The molecule has 0 bridgehead atoms. The van der Waals surface area contributed by atoms with Gasteiger partial charge in [0.05, 0.1) is 16.4 Å². The van der Waals surface area contributed by atoms with E-state index < -0.39 is 0 Å². The van der Waals surface area contributed by atoms with E-state index in [1.807, 2.05) is 33.0 Å². The Bertz CT molecular complexity index is 766. The van der Waals surface area contributed by atoms with E-state index in [0.29, 0.717) is 6.42 Å². The van der Waals surface area contributed by atoms with Gasteiger partial charge in [0.15, 0.2) is 5.65 Å². The van der Waals surface area contributed by atoms with E-state index in [2.05, 4.69) is 36.6 Å². The third kappa shape index (κ3) is 4.83. The molecule has 0 aliphatic rings. The highest BCUT2D eigenvalue weighted by Gasteiger charge is 2.14. The van der Waals surface area contributed by atoms with Crippen LogP contribution in [-0.2, 0) is 0 Å². The van der Waals surface area contributed by atoms with Crippen molar-refractivity contribution in [2.45, 2.75) is 33.1 Å². The molecule has 0 atom stereocenters. The van der Waals surface area contributed by atoms with Gasteiger partial charge in [-0.25, -0.2) is 4.98 Å². The molecule has 0 saturated heterocycles. The lowest BCUT2D eigenvalue weighted by molar-refractivity contribution is 0.433. The Morgan fingerprint density at radius 1 is 1.36 bits per heavy atom. The van der Waals surface area contributed by atoms with Gasteiger partial charge in [0, 0.05) is 18.2 Å². The molecule has 6 nitrogen and oxygen atoms in total. The standard InChI is InChI=1S/C18H26BrN5O/c1-4-8-16(25)13(5-2)15-11-17(21-10-7-6-9-20-3)24-18(23-15)14(19)12-22-24/h4,8,11-12,20-21,25H,5-7,9-10H2,1-3H3/b8-4-,16-13-. The summed E-state index contributed by atoms with van der Waals surface area (Å²) in [5.41, 5.74) is 2.30. The average Bonchev–Trinajstić information content (AvgIpc) is 2.97. The van der Waals surface area contributed by atoms with Crippen LogP contribution in [0, 0.1) is 0 Å². The normalized spacial score (nSPS) is 12.8. The monoisotopic (exact) mass is 407 g/mol. The zero-order valence-electron chi connectivity index (χ0n) is 15.0. The van der Waals surface area contributed by atoms with Crippen LogP contribution in [0.4, 0.5) is 5.82 Å². The van der Waals surface area contributed by atoms with Crippen LogP contribution in [0.25, 0.3) is 11.2 Å². The van der Waals surface area contributed by atoms with E-state index in [0.717, 1.165) is 53.1 Å². The summed E-state index contributed by atoms with van der Waals surface area (Å²) in [7, 11) is 1.96. The largest absolute Gasteiger partial charge is 0.508 e. The molecule has 2 heterocycles. The summed E-state index contributed by atoms with van der Waals surface area (Å²) in [6.07, 6.45) is 8.10. The van der Waals surface area contributed by atoms with Gasteiger partial charge >= 0.3 is 0 Å². The summed E-state index contributed by atoms with van der Waals surface area (Å²) in [4.78, 5) is 4.68. The number of nitrogens with zero attached hydrogens (tertiary/aromatic N) is 3. The lowest BCUT2D eigenvalue weighted by Gasteiger charge is -2.12. The molecule has 0 aliphatic heterocycles. The molecule has 0 saturated carbocycles. The first-order valence-electron chi connectivity index (χ1n) is 8.60. The number of aliphatic hydroxyl groups excluding tert-OH is 1. The van der Waals surface area contributed by atoms with E-state index >= 15 is 0 Å². The maximum Gasteiger partial charge on any atom is 0.172 e. The predicted molar refractivity (Wildman–Crippen MR) is 107 cm³/mol. The fourth-order valence-corrected chi connectivity index (χ4v) is 2.96. The molecule has 2 aromatic rings. The first kappa shape index (κ1) is 19.5. The molecule has 0 fully saturated rings. The second kappa shape index (κ2) is 9.58. The molecule has 2 rings (SSSR count). The number of aromatic nitrogens is 3. The Kier molecular flexibility index (Phi) is 7.46. The van der Waals surface area contributed by atoms with Crippen LogP contribution in [0.3, 0.4) is 0 Å². The van der Waals surface area contributed by atoms with Gasteiger partial charge in [-0.2, -0.15) is 9.61 Å². The first-order chi connectivity index (χ1) is 12.1. The molecular formula is C18H26BrN5O. The highest BCUT2D eigenvalue weighted by molar-refractivity contribution is 9.10. The van der Waals surface area contributed by atoms with E-state index in [4.69, 9.17) is 0 Å². The summed E-state index contributed by atoms with van der Waals surface area (Å²) in [5.74, 6) is 1.12. The number of halogens is 1.